The number of aliphatic hydroxyl groups excluding tert-OH is 1. The molecule has 0 bridgehead atoms. The van der Waals surface area contributed by atoms with E-state index in [1.54, 1.807) is 12.1 Å². The highest BCUT2D eigenvalue weighted by Gasteiger charge is 2.17. The zero-order valence-corrected chi connectivity index (χ0v) is 11.8. The molecule has 0 fully saturated rings. The first kappa shape index (κ1) is 15.5. The van der Waals surface area contributed by atoms with E-state index in [9.17, 15) is 16.8 Å². The lowest BCUT2D eigenvalue weighted by Crippen LogP contribution is -2.22. The molecular weight excluding hydrogens is 290 g/mol. The van der Waals surface area contributed by atoms with E-state index >= 15 is 0 Å². The summed E-state index contributed by atoms with van der Waals surface area (Å²) >= 11 is 0. The van der Waals surface area contributed by atoms with E-state index in [1.165, 1.54) is 12.1 Å². The normalized spacial score (nSPS) is 11.5. The molecule has 6 nitrogen and oxygen atoms in total. The average Bonchev–Trinajstić information content (AvgIpc) is 2.22. The van der Waals surface area contributed by atoms with Crippen LogP contribution in [0.25, 0.3) is 0 Å². The second-order valence-corrected chi connectivity index (χ2v) is 8.03. The topological polar surface area (TPSA) is 101 Å². The highest BCUT2D eigenvalue weighted by atomic mass is 32.3. The number of anilines is 1. The number of aliphatic hydroxyl groups is 1. The van der Waals surface area contributed by atoms with Crippen LogP contribution in [-0.4, -0.2) is 39.9 Å². The Bertz CT molecular complexity index is 711. The van der Waals surface area contributed by atoms with Gasteiger partial charge in [-0.1, -0.05) is 17.9 Å². The molecule has 0 amide bonds. The van der Waals surface area contributed by atoms with Gasteiger partial charge in [0.15, 0.2) is 14.9 Å². The van der Waals surface area contributed by atoms with Crippen molar-refractivity contribution in [3.63, 3.8) is 0 Å². The van der Waals surface area contributed by atoms with Crippen LogP contribution in [0.1, 0.15) is 5.56 Å². The summed E-state index contributed by atoms with van der Waals surface area (Å²) in [6, 6.07) is 6.13. The Morgan fingerprint density at radius 1 is 1.26 bits per heavy atom. The molecule has 0 heterocycles. The van der Waals surface area contributed by atoms with Crippen molar-refractivity contribution in [2.75, 3.05) is 22.7 Å². The number of sulfonamides is 1. The van der Waals surface area contributed by atoms with Crippen LogP contribution in [0.2, 0.25) is 0 Å². The van der Waals surface area contributed by atoms with Gasteiger partial charge in [-0.15, -0.1) is 0 Å². The fraction of sp³-hybridized carbons (Fsp3) is 0.273. The Kier molecular flexibility index (Phi) is 4.94. The van der Waals surface area contributed by atoms with Gasteiger partial charge in [0, 0.05) is 17.5 Å². The Morgan fingerprint density at radius 2 is 1.95 bits per heavy atom. The van der Waals surface area contributed by atoms with Crippen molar-refractivity contribution >= 4 is 25.5 Å². The number of nitrogens with one attached hydrogen (secondary N) is 1. The van der Waals surface area contributed by atoms with Gasteiger partial charge in [0.1, 0.15) is 6.61 Å². The number of benzene rings is 1. The lowest BCUT2D eigenvalue weighted by molar-refractivity contribution is 0.350. The highest BCUT2D eigenvalue weighted by molar-refractivity contribution is 8.08. The average molecular weight is 303 g/mol. The minimum absolute atomic E-state index is 0.216. The summed E-state index contributed by atoms with van der Waals surface area (Å²) < 4.78 is 47.3. The first-order chi connectivity index (χ1) is 8.72. The van der Waals surface area contributed by atoms with Gasteiger partial charge in [0.2, 0.25) is 10.0 Å². The molecular formula is C11H13NO5S2. The Morgan fingerprint density at radius 3 is 2.53 bits per heavy atom. The lowest BCUT2D eigenvalue weighted by atomic mass is 10.2. The van der Waals surface area contributed by atoms with Crippen molar-refractivity contribution in [2.45, 2.75) is 0 Å². The minimum atomic E-state index is -3.97. The zero-order chi connectivity index (χ0) is 14.5. The van der Waals surface area contributed by atoms with Crippen molar-refractivity contribution in [3.05, 3.63) is 29.8 Å². The number of hydrogen-bond acceptors (Lipinski definition) is 5. The summed E-state index contributed by atoms with van der Waals surface area (Å²) in [6.07, 6.45) is 0.843. The van der Waals surface area contributed by atoms with E-state index in [0.29, 0.717) is 5.56 Å². The molecule has 0 radical (unpaired) electrons. The van der Waals surface area contributed by atoms with E-state index in [4.69, 9.17) is 5.11 Å². The van der Waals surface area contributed by atoms with Gasteiger partial charge < -0.3 is 5.11 Å². The van der Waals surface area contributed by atoms with E-state index in [1.807, 2.05) is 0 Å². The second-order valence-electron chi connectivity index (χ2n) is 3.80. The molecule has 0 atom stereocenters. The van der Waals surface area contributed by atoms with Crippen molar-refractivity contribution < 1.29 is 21.9 Å². The van der Waals surface area contributed by atoms with Crippen molar-refractivity contribution in [1.29, 1.82) is 0 Å². The maximum Gasteiger partial charge on any atom is 0.247 e. The van der Waals surface area contributed by atoms with Crippen LogP contribution < -0.4 is 4.72 Å². The molecule has 0 saturated heterocycles. The van der Waals surface area contributed by atoms with Crippen LogP contribution >= 0.6 is 0 Å². The molecule has 1 aromatic rings. The SMILES string of the molecule is CS(=O)(=O)CS(=O)(=O)Nc1cccc(C#CCO)c1. The first-order valence-electron chi connectivity index (χ1n) is 5.10. The van der Waals surface area contributed by atoms with Gasteiger partial charge >= 0.3 is 0 Å². The Balaban J connectivity index is 2.94. The van der Waals surface area contributed by atoms with Crippen LogP contribution in [0.4, 0.5) is 5.69 Å². The summed E-state index contributed by atoms with van der Waals surface area (Å²) in [5, 5.41) is 7.58. The summed E-state index contributed by atoms with van der Waals surface area (Å²) in [5.74, 6) is 5.04. The largest absolute Gasteiger partial charge is 0.384 e. The zero-order valence-electron chi connectivity index (χ0n) is 10.1. The van der Waals surface area contributed by atoms with Crippen LogP contribution in [-0.2, 0) is 19.9 Å². The third kappa shape index (κ3) is 6.24. The first-order valence-corrected chi connectivity index (χ1v) is 8.81. The van der Waals surface area contributed by atoms with Crippen LogP contribution in [0.3, 0.4) is 0 Å². The predicted octanol–water partition coefficient (Wildman–Crippen LogP) is -0.226. The van der Waals surface area contributed by atoms with Crippen LogP contribution in [0, 0.1) is 11.8 Å². The molecule has 104 valence electrons. The molecule has 0 aromatic heterocycles. The van der Waals surface area contributed by atoms with Crippen molar-refractivity contribution in [2.24, 2.45) is 0 Å². The van der Waals surface area contributed by atoms with E-state index in [0.717, 1.165) is 6.26 Å². The molecule has 0 spiro atoms. The van der Waals surface area contributed by atoms with Gasteiger partial charge in [-0.2, -0.15) is 0 Å². The van der Waals surface area contributed by atoms with Crippen LogP contribution in [0.5, 0.6) is 0 Å². The molecule has 0 aliphatic heterocycles. The maximum atomic E-state index is 11.6. The van der Waals surface area contributed by atoms with Gasteiger partial charge in [-0.25, -0.2) is 16.8 Å². The summed E-state index contributed by atoms with van der Waals surface area (Å²) in [5.41, 5.74) is 0.724. The van der Waals surface area contributed by atoms with E-state index in [-0.39, 0.29) is 12.3 Å². The fourth-order valence-electron chi connectivity index (χ4n) is 1.29. The lowest BCUT2D eigenvalue weighted by Gasteiger charge is -2.07. The van der Waals surface area contributed by atoms with Crippen molar-refractivity contribution in [3.8, 4) is 11.8 Å². The van der Waals surface area contributed by atoms with E-state index in [2.05, 4.69) is 16.6 Å². The molecule has 0 aliphatic rings. The summed E-state index contributed by atoms with van der Waals surface area (Å²) in [7, 11) is -7.60. The van der Waals surface area contributed by atoms with E-state index < -0.39 is 24.9 Å². The molecule has 19 heavy (non-hydrogen) atoms. The second kappa shape index (κ2) is 6.06. The number of rotatable bonds is 4. The quantitative estimate of drug-likeness (QED) is 0.749. The Hall–Kier alpha value is -1.56. The summed E-state index contributed by atoms with van der Waals surface area (Å²) in [4.78, 5) is 0. The minimum Gasteiger partial charge on any atom is -0.384 e. The van der Waals surface area contributed by atoms with Gasteiger partial charge in [-0.05, 0) is 18.2 Å². The van der Waals surface area contributed by atoms with Gasteiger partial charge in [0.05, 0.1) is 0 Å². The molecule has 1 aromatic carbocycles. The number of hydrogen-bond donors (Lipinski definition) is 2. The molecule has 1 rings (SSSR count). The molecule has 0 aliphatic carbocycles. The molecule has 2 N–H and O–H groups in total. The van der Waals surface area contributed by atoms with Gasteiger partial charge in [0.25, 0.3) is 0 Å². The highest BCUT2D eigenvalue weighted by Crippen LogP contribution is 2.12. The monoisotopic (exact) mass is 303 g/mol. The third-order valence-electron chi connectivity index (χ3n) is 1.82. The van der Waals surface area contributed by atoms with Gasteiger partial charge in [-0.3, -0.25) is 4.72 Å². The Labute approximate surface area is 112 Å². The molecule has 0 unspecified atom stereocenters. The molecule has 0 saturated carbocycles. The van der Waals surface area contributed by atoms with Crippen molar-refractivity contribution in [1.82, 2.24) is 0 Å². The summed E-state index contributed by atoms with van der Waals surface area (Å²) in [6.45, 7) is -0.302. The predicted molar refractivity (Wildman–Crippen MR) is 72.7 cm³/mol. The smallest absolute Gasteiger partial charge is 0.247 e. The fourth-order valence-corrected chi connectivity index (χ4v) is 4.27. The molecule has 8 heteroatoms. The number of sulfone groups is 1. The standard InChI is InChI=1S/C11H13NO5S2/c1-18(14,15)9-19(16,17)12-11-6-2-4-10(8-11)5-3-7-13/h2,4,6,8,12-13H,7,9H2,1H3. The maximum absolute atomic E-state index is 11.6. The third-order valence-corrected chi connectivity index (χ3v) is 5.32. The van der Waals surface area contributed by atoms with Crippen LogP contribution in [0.15, 0.2) is 24.3 Å².